The molecule has 29 heavy (non-hydrogen) atoms. The van der Waals surface area contributed by atoms with Crippen LogP contribution < -0.4 is 0 Å². The van der Waals surface area contributed by atoms with E-state index in [4.69, 9.17) is 5.26 Å². The molecule has 2 nitrogen and oxygen atoms in total. The Labute approximate surface area is 178 Å². The van der Waals surface area contributed by atoms with Crippen molar-refractivity contribution in [3.8, 4) is 6.07 Å². The van der Waals surface area contributed by atoms with E-state index in [0.29, 0.717) is 23.7 Å². The van der Waals surface area contributed by atoms with E-state index in [2.05, 4.69) is 43.3 Å². The maximum absolute atomic E-state index is 11.0. The number of hydrogen-bond acceptors (Lipinski definition) is 2. The van der Waals surface area contributed by atoms with Gasteiger partial charge in [-0.05, 0) is 99.0 Å². The first-order valence-corrected chi connectivity index (χ1v) is 12.0. The molecule has 1 N–H and O–H groups in total. The molecule has 1 unspecified atom stereocenters. The molecule has 0 aromatic heterocycles. The van der Waals surface area contributed by atoms with E-state index in [9.17, 15) is 5.11 Å². The Morgan fingerprint density at radius 3 is 2.17 bits per heavy atom. The standard InChI is InChI=1S/C27H39NO/c1-2-3-4-6-21-8-12-23(13-9-21)24-16-18-26(19-17-24)27(29)25-14-10-22(11-15-25)7-5-20-28/h5,7-9,12-13,22,24-27,29H,2-4,6,10-11,14-19H2,1H3. The van der Waals surface area contributed by atoms with E-state index >= 15 is 0 Å². The first-order valence-electron chi connectivity index (χ1n) is 12.0. The molecule has 1 aromatic rings. The number of nitriles is 1. The number of allylic oxidation sites excluding steroid dienone is 2. The summed E-state index contributed by atoms with van der Waals surface area (Å²) in [6.07, 6.45) is 17.9. The van der Waals surface area contributed by atoms with Crippen molar-refractivity contribution in [2.75, 3.05) is 0 Å². The summed E-state index contributed by atoms with van der Waals surface area (Å²) < 4.78 is 0. The van der Waals surface area contributed by atoms with Gasteiger partial charge in [-0.2, -0.15) is 5.26 Å². The number of aliphatic hydroxyl groups excluding tert-OH is 1. The summed E-state index contributed by atoms with van der Waals surface area (Å²) >= 11 is 0. The third kappa shape index (κ3) is 6.45. The summed E-state index contributed by atoms with van der Waals surface area (Å²) in [5, 5.41) is 19.7. The summed E-state index contributed by atoms with van der Waals surface area (Å²) in [5.41, 5.74) is 2.98. The van der Waals surface area contributed by atoms with Gasteiger partial charge in [-0.3, -0.25) is 0 Å². The average Bonchev–Trinajstić information content (AvgIpc) is 2.78. The zero-order valence-corrected chi connectivity index (χ0v) is 18.2. The highest BCUT2D eigenvalue weighted by molar-refractivity contribution is 5.26. The summed E-state index contributed by atoms with van der Waals surface area (Å²) in [5.74, 6) is 2.16. The maximum Gasteiger partial charge on any atom is 0.0908 e. The molecule has 0 bridgehead atoms. The van der Waals surface area contributed by atoms with Crippen LogP contribution in [0.2, 0.25) is 0 Å². The van der Waals surface area contributed by atoms with Gasteiger partial charge in [0.05, 0.1) is 12.2 Å². The summed E-state index contributed by atoms with van der Waals surface area (Å²) in [6, 6.07) is 11.5. The minimum absolute atomic E-state index is 0.127. The van der Waals surface area contributed by atoms with Crippen LogP contribution in [0.4, 0.5) is 0 Å². The predicted octanol–water partition coefficient (Wildman–Crippen LogP) is 6.94. The fourth-order valence-electron chi connectivity index (χ4n) is 5.57. The van der Waals surface area contributed by atoms with E-state index in [1.54, 1.807) is 6.08 Å². The van der Waals surface area contributed by atoms with Gasteiger partial charge in [-0.1, -0.05) is 50.1 Å². The minimum Gasteiger partial charge on any atom is -0.393 e. The second-order valence-corrected chi connectivity index (χ2v) is 9.46. The van der Waals surface area contributed by atoms with E-state index in [1.807, 2.05) is 0 Å². The Hall–Kier alpha value is -1.59. The topological polar surface area (TPSA) is 44.0 Å². The van der Waals surface area contributed by atoms with Gasteiger partial charge in [-0.15, -0.1) is 0 Å². The maximum atomic E-state index is 11.0. The molecule has 3 rings (SSSR count). The van der Waals surface area contributed by atoms with Crippen molar-refractivity contribution < 1.29 is 5.11 Å². The zero-order chi connectivity index (χ0) is 20.5. The Morgan fingerprint density at radius 2 is 1.59 bits per heavy atom. The Kier molecular flexibility index (Phi) is 8.81. The molecule has 2 aliphatic rings. The SMILES string of the molecule is CCCCCc1ccc(C2CCC(C(O)C3CCC(C=CC#N)CC3)CC2)cc1. The van der Waals surface area contributed by atoms with Crippen LogP contribution in [0.25, 0.3) is 0 Å². The molecule has 2 heteroatoms. The first-order chi connectivity index (χ1) is 14.2. The molecule has 0 amide bonds. The molecule has 0 aliphatic heterocycles. The van der Waals surface area contributed by atoms with E-state index in [-0.39, 0.29) is 6.10 Å². The Morgan fingerprint density at radius 1 is 0.966 bits per heavy atom. The molecule has 2 fully saturated rings. The second kappa shape index (κ2) is 11.6. The minimum atomic E-state index is -0.127. The number of aliphatic hydroxyl groups is 1. The number of rotatable bonds is 8. The van der Waals surface area contributed by atoms with Crippen LogP contribution in [0.15, 0.2) is 36.4 Å². The number of hydrogen-bond donors (Lipinski definition) is 1. The van der Waals surface area contributed by atoms with Crippen molar-refractivity contribution in [1.29, 1.82) is 5.26 Å². The van der Waals surface area contributed by atoms with Crippen molar-refractivity contribution in [3.63, 3.8) is 0 Å². The summed E-state index contributed by atoms with van der Waals surface area (Å²) in [4.78, 5) is 0. The van der Waals surface area contributed by atoms with Crippen molar-refractivity contribution in [3.05, 3.63) is 47.5 Å². The fraction of sp³-hybridized carbons (Fsp3) is 0.667. The number of unbranched alkanes of at least 4 members (excludes halogenated alkanes) is 2. The molecule has 0 spiro atoms. The molecule has 2 aliphatic carbocycles. The van der Waals surface area contributed by atoms with Gasteiger partial charge < -0.3 is 5.11 Å². The van der Waals surface area contributed by atoms with Gasteiger partial charge in [0.1, 0.15) is 0 Å². The lowest BCUT2D eigenvalue weighted by Gasteiger charge is -2.37. The average molecular weight is 394 g/mol. The molecular formula is C27H39NO. The van der Waals surface area contributed by atoms with E-state index in [1.165, 1.54) is 62.5 Å². The van der Waals surface area contributed by atoms with Crippen LogP contribution in [0, 0.1) is 29.1 Å². The lowest BCUT2D eigenvalue weighted by atomic mass is 9.70. The smallest absolute Gasteiger partial charge is 0.0908 e. The van der Waals surface area contributed by atoms with Crippen LogP contribution >= 0.6 is 0 Å². The van der Waals surface area contributed by atoms with E-state index in [0.717, 1.165) is 25.7 Å². The Bertz CT molecular complexity index is 655. The van der Waals surface area contributed by atoms with Crippen LogP contribution in [0.1, 0.15) is 94.6 Å². The van der Waals surface area contributed by atoms with Gasteiger partial charge in [0.2, 0.25) is 0 Å². The molecule has 0 saturated heterocycles. The van der Waals surface area contributed by atoms with Crippen LogP contribution in [0.3, 0.4) is 0 Å². The van der Waals surface area contributed by atoms with Gasteiger partial charge in [-0.25, -0.2) is 0 Å². The van der Waals surface area contributed by atoms with E-state index < -0.39 is 0 Å². The second-order valence-electron chi connectivity index (χ2n) is 9.46. The fourth-order valence-corrected chi connectivity index (χ4v) is 5.57. The van der Waals surface area contributed by atoms with Crippen molar-refractivity contribution in [2.45, 2.75) is 96.0 Å². The molecule has 158 valence electrons. The molecule has 0 radical (unpaired) electrons. The normalized spacial score (nSPS) is 28.9. The highest BCUT2D eigenvalue weighted by Crippen LogP contribution is 2.41. The van der Waals surface area contributed by atoms with Crippen LogP contribution in [-0.4, -0.2) is 11.2 Å². The van der Waals surface area contributed by atoms with Crippen molar-refractivity contribution >= 4 is 0 Å². The number of benzene rings is 1. The highest BCUT2D eigenvalue weighted by atomic mass is 16.3. The van der Waals surface area contributed by atoms with Crippen molar-refractivity contribution in [1.82, 2.24) is 0 Å². The predicted molar refractivity (Wildman–Crippen MR) is 121 cm³/mol. The lowest BCUT2D eigenvalue weighted by Crippen LogP contribution is -2.34. The largest absolute Gasteiger partial charge is 0.393 e. The van der Waals surface area contributed by atoms with Gasteiger partial charge in [0, 0.05) is 6.08 Å². The first kappa shape index (κ1) is 22.1. The molecular weight excluding hydrogens is 354 g/mol. The van der Waals surface area contributed by atoms with Gasteiger partial charge in [0.15, 0.2) is 0 Å². The summed E-state index contributed by atoms with van der Waals surface area (Å²) in [7, 11) is 0. The highest BCUT2D eigenvalue weighted by Gasteiger charge is 2.33. The molecule has 2 saturated carbocycles. The summed E-state index contributed by atoms with van der Waals surface area (Å²) in [6.45, 7) is 2.26. The monoisotopic (exact) mass is 393 g/mol. The van der Waals surface area contributed by atoms with Crippen molar-refractivity contribution in [2.24, 2.45) is 17.8 Å². The number of nitrogens with zero attached hydrogens (tertiary/aromatic N) is 1. The Balaban J connectivity index is 1.43. The molecule has 0 heterocycles. The third-order valence-electron chi connectivity index (χ3n) is 7.52. The van der Waals surface area contributed by atoms with Crippen LogP contribution in [0.5, 0.6) is 0 Å². The number of aryl methyl sites for hydroxylation is 1. The lowest BCUT2D eigenvalue weighted by molar-refractivity contribution is 0.0127. The van der Waals surface area contributed by atoms with Gasteiger partial charge in [0.25, 0.3) is 0 Å². The third-order valence-corrected chi connectivity index (χ3v) is 7.52. The quantitative estimate of drug-likeness (QED) is 0.384. The van der Waals surface area contributed by atoms with Gasteiger partial charge >= 0.3 is 0 Å². The molecule has 1 aromatic carbocycles. The van der Waals surface area contributed by atoms with Crippen LogP contribution in [-0.2, 0) is 6.42 Å². The molecule has 1 atom stereocenters. The zero-order valence-electron chi connectivity index (χ0n) is 18.2.